The van der Waals surface area contributed by atoms with E-state index in [0.29, 0.717) is 29.2 Å². The third kappa shape index (κ3) is 5.78. The summed E-state index contributed by atoms with van der Waals surface area (Å²) in [5, 5.41) is 3.96. The van der Waals surface area contributed by atoms with Gasteiger partial charge in [-0.1, -0.05) is 17.7 Å². The molecule has 6 heteroatoms. The Morgan fingerprint density at radius 2 is 1.47 bits per heavy atom. The van der Waals surface area contributed by atoms with Crippen molar-refractivity contribution >= 4 is 18.1 Å². The van der Waals surface area contributed by atoms with Crippen molar-refractivity contribution in [2.45, 2.75) is 13.8 Å². The number of carbonyl (C=O) groups excluding carboxylic acids is 2. The summed E-state index contributed by atoms with van der Waals surface area (Å²) in [6.45, 7) is 4.42. The Balaban J connectivity index is 1.54. The van der Waals surface area contributed by atoms with Crippen LogP contribution in [0.15, 0.2) is 77.9 Å². The first-order chi connectivity index (χ1) is 14.5. The molecule has 0 fully saturated rings. The number of hydrazone groups is 1. The van der Waals surface area contributed by atoms with Crippen LogP contribution < -0.4 is 14.9 Å². The molecule has 0 saturated heterocycles. The van der Waals surface area contributed by atoms with E-state index in [0.717, 1.165) is 11.1 Å². The summed E-state index contributed by atoms with van der Waals surface area (Å²) in [5.74, 6) is 0.374. The van der Waals surface area contributed by atoms with Crippen molar-refractivity contribution in [3.63, 3.8) is 0 Å². The van der Waals surface area contributed by atoms with Crippen molar-refractivity contribution in [1.29, 1.82) is 0 Å². The molecule has 0 radical (unpaired) electrons. The average molecular weight is 402 g/mol. The topological polar surface area (TPSA) is 77.0 Å². The molecule has 0 aliphatic heterocycles. The molecule has 30 heavy (non-hydrogen) atoms. The molecule has 152 valence electrons. The van der Waals surface area contributed by atoms with Gasteiger partial charge in [0.15, 0.2) is 0 Å². The molecule has 0 atom stereocenters. The molecular formula is C24H22N2O4. The van der Waals surface area contributed by atoms with Gasteiger partial charge < -0.3 is 9.47 Å². The van der Waals surface area contributed by atoms with E-state index in [2.05, 4.69) is 10.5 Å². The molecule has 3 rings (SSSR count). The summed E-state index contributed by atoms with van der Waals surface area (Å²) in [6, 6.07) is 20.8. The number of amides is 1. The van der Waals surface area contributed by atoms with Gasteiger partial charge in [0, 0.05) is 5.56 Å². The summed E-state index contributed by atoms with van der Waals surface area (Å²) in [5.41, 5.74) is 5.29. The van der Waals surface area contributed by atoms with Crippen molar-refractivity contribution in [3.8, 4) is 11.5 Å². The largest absolute Gasteiger partial charge is 0.494 e. The number of rotatable bonds is 7. The van der Waals surface area contributed by atoms with Gasteiger partial charge in [0.05, 0.1) is 18.4 Å². The highest BCUT2D eigenvalue weighted by atomic mass is 16.5. The van der Waals surface area contributed by atoms with Crippen molar-refractivity contribution in [2.75, 3.05) is 6.61 Å². The van der Waals surface area contributed by atoms with Gasteiger partial charge in [-0.15, -0.1) is 0 Å². The maximum atomic E-state index is 12.2. The Morgan fingerprint density at radius 3 is 2.10 bits per heavy atom. The van der Waals surface area contributed by atoms with E-state index in [9.17, 15) is 9.59 Å². The molecule has 0 heterocycles. The molecule has 0 aliphatic rings. The number of nitrogens with one attached hydrogen (secondary N) is 1. The molecule has 3 aromatic carbocycles. The Hall–Kier alpha value is -3.93. The molecule has 1 amide bonds. The molecule has 3 aromatic rings. The molecule has 0 bridgehead atoms. The fourth-order valence-electron chi connectivity index (χ4n) is 2.58. The monoisotopic (exact) mass is 402 g/mol. The summed E-state index contributed by atoms with van der Waals surface area (Å²) < 4.78 is 10.7. The van der Waals surface area contributed by atoms with Crippen LogP contribution in [0.3, 0.4) is 0 Å². The lowest BCUT2D eigenvalue weighted by atomic mass is 10.1. The zero-order valence-corrected chi connectivity index (χ0v) is 16.8. The number of benzene rings is 3. The second kappa shape index (κ2) is 10.0. The predicted octanol–water partition coefficient (Wildman–Crippen LogP) is 4.38. The molecule has 1 N–H and O–H groups in total. The minimum absolute atomic E-state index is 0.285. The van der Waals surface area contributed by atoms with Gasteiger partial charge in [-0.05, 0) is 80.1 Å². The number of hydrogen-bond acceptors (Lipinski definition) is 5. The normalized spacial score (nSPS) is 10.6. The lowest BCUT2D eigenvalue weighted by Gasteiger charge is -2.06. The zero-order valence-electron chi connectivity index (χ0n) is 16.8. The van der Waals surface area contributed by atoms with Gasteiger partial charge in [-0.3, -0.25) is 4.79 Å². The molecular weight excluding hydrogens is 380 g/mol. The highest BCUT2D eigenvalue weighted by Crippen LogP contribution is 2.16. The number of nitrogens with zero attached hydrogens (tertiary/aromatic N) is 1. The fourth-order valence-corrected chi connectivity index (χ4v) is 2.58. The number of aryl methyl sites for hydroxylation is 1. The Kier molecular flexibility index (Phi) is 6.95. The van der Waals surface area contributed by atoms with Gasteiger partial charge in [-0.25, -0.2) is 10.2 Å². The maximum Gasteiger partial charge on any atom is 0.343 e. The molecule has 6 nitrogen and oxygen atoms in total. The SMILES string of the molecule is CCOc1ccc(C(=O)Oc2ccc(/C=N/NC(=O)c3ccc(C)cc3)cc2)cc1. The van der Waals surface area contributed by atoms with Crippen LogP contribution in [0.5, 0.6) is 11.5 Å². The number of carbonyl (C=O) groups is 2. The first-order valence-corrected chi connectivity index (χ1v) is 9.50. The second-order valence-electron chi connectivity index (χ2n) is 6.48. The van der Waals surface area contributed by atoms with Crippen LogP contribution in [0, 0.1) is 6.92 Å². The predicted molar refractivity (Wildman–Crippen MR) is 115 cm³/mol. The smallest absolute Gasteiger partial charge is 0.343 e. The van der Waals surface area contributed by atoms with Crippen molar-refractivity contribution in [1.82, 2.24) is 5.43 Å². The van der Waals surface area contributed by atoms with Crippen LogP contribution in [0.2, 0.25) is 0 Å². The second-order valence-corrected chi connectivity index (χ2v) is 6.48. The molecule has 0 aliphatic carbocycles. The molecule has 0 unspecified atom stereocenters. The Morgan fingerprint density at radius 1 is 0.867 bits per heavy atom. The standard InChI is InChI=1S/C24H22N2O4/c1-3-29-21-14-10-20(11-15-21)24(28)30-22-12-6-18(7-13-22)16-25-26-23(27)19-8-4-17(2)5-9-19/h4-16H,3H2,1-2H3,(H,26,27)/b25-16+. The van der Waals surface area contributed by atoms with Crippen molar-refractivity contribution < 1.29 is 19.1 Å². The summed E-state index contributed by atoms with van der Waals surface area (Å²) in [4.78, 5) is 24.3. The lowest BCUT2D eigenvalue weighted by Crippen LogP contribution is -2.17. The van der Waals surface area contributed by atoms with Crippen LogP contribution >= 0.6 is 0 Å². The van der Waals surface area contributed by atoms with E-state index in [1.165, 1.54) is 6.21 Å². The van der Waals surface area contributed by atoms with Crippen LogP contribution in [0.1, 0.15) is 38.8 Å². The van der Waals surface area contributed by atoms with Gasteiger partial charge in [0.2, 0.25) is 0 Å². The third-order valence-electron chi connectivity index (χ3n) is 4.19. The zero-order chi connectivity index (χ0) is 21.3. The van der Waals surface area contributed by atoms with Crippen LogP contribution in [-0.4, -0.2) is 24.7 Å². The van der Waals surface area contributed by atoms with Crippen LogP contribution in [0.25, 0.3) is 0 Å². The van der Waals surface area contributed by atoms with Gasteiger partial charge >= 0.3 is 5.97 Å². The van der Waals surface area contributed by atoms with Crippen LogP contribution in [0.4, 0.5) is 0 Å². The van der Waals surface area contributed by atoms with E-state index in [1.807, 2.05) is 26.0 Å². The summed E-state index contributed by atoms with van der Waals surface area (Å²) in [7, 11) is 0. The highest BCUT2D eigenvalue weighted by Gasteiger charge is 2.09. The summed E-state index contributed by atoms with van der Waals surface area (Å²) >= 11 is 0. The number of ether oxygens (including phenoxy) is 2. The quantitative estimate of drug-likeness (QED) is 0.275. The lowest BCUT2D eigenvalue weighted by molar-refractivity contribution is 0.0734. The van der Waals surface area contributed by atoms with Gasteiger partial charge in [0.25, 0.3) is 5.91 Å². The van der Waals surface area contributed by atoms with E-state index in [1.54, 1.807) is 60.7 Å². The van der Waals surface area contributed by atoms with Gasteiger partial charge in [0.1, 0.15) is 11.5 Å². The minimum Gasteiger partial charge on any atom is -0.494 e. The fraction of sp³-hybridized carbons (Fsp3) is 0.125. The number of hydrogen-bond donors (Lipinski definition) is 1. The van der Waals surface area contributed by atoms with Gasteiger partial charge in [-0.2, -0.15) is 5.10 Å². The van der Waals surface area contributed by atoms with E-state index < -0.39 is 5.97 Å². The molecule has 0 aromatic heterocycles. The molecule has 0 saturated carbocycles. The van der Waals surface area contributed by atoms with E-state index in [-0.39, 0.29) is 5.91 Å². The van der Waals surface area contributed by atoms with E-state index in [4.69, 9.17) is 9.47 Å². The third-order valence-corrected chi connectivity index (χ3v) is 4.19. The first-order valence-electron chi connectivity index (χ1n) is 9.50. The molecule has 0 spiro atoms. The first kappa shape index (κ1) is 20.8. The Labute approximate surface area is 175 Å². The Bertz CT molecular complexity index is 1020. The maximum absolute atomic E-state index is 12.2. The average Bonchev–Trinajstić information content (AvgIpc) is 2.76. The van der Waals surface area contributed by atoms with Crippen molar-refractivity contribution in [3.05, 3.63) is 95.1 Å². The van der Waals surface area contributed by atoms with E-state index >= 15 is 0 Å². The summed E-state index contributed by atoms with van der Waals surface area (Å²) in [6.07, 6.45) is 1.52. The highest BCUT2D eigenvalue weighted by molar-refractivity contribution is 5.95. The van der Waals surface area contributed by atoms with Crippen LogP contribution in [-0.2, 0) is 0 Å². The number of esters is 1. The minimum atomic E-state index is -0.454. The van der Waals surface area contributed by atoms with Crippen molar-refractivity contribution in [2.24, 2.45) is 5.10 Å².